The van der Waals surface area contributed by atoms with Crippen molar-refractivity contribution in [1.29, 1.82) is 0 Å². The minimum absolute atomic E-state index is 0.148. The van der Waals surface area contributed by atoms with Crippen molar-refractivity contribution in [1.82, 2.24) is 25.5 Å². The fourth-order valence-electron chi connectivity index (χ4n) is 1.07. The Bertz CT molecular complexity index is 249. The van der Waals surface area contributed by atoms with Crippen LogP contribution in [-0.2, 0) is 11.8 Å². The first-order valence-electron chi connectivity index (χ1n) is 4.20. The second-order valence-corrected chi connectivity index (χ2v) is 2.83. The van der Waals surface area contributed by atoms with Gasteiger partial charge in [-0.1, -0.05) is 0 Å². The monoisotopic (exact) mass is 185 g/mol. The maximum Gasteiger partial charge on any atom is 0.167 e. The third-order valence-corrected chi connectivity index (χ3v) is 1.80. The molecule has 6 heteroatoms. The maximum atomic E-state index is 4.92. The molecule has 0 aromatic carbocycles. The molecular weight excluding hydrogens is 170 g/mol. The van der Waals surface area contributed by atoms with Crippen molar-refractivity contribution in [3.05, 3.63) is 5.82 Å². The molecule has 13 heavy (non-hydrogen) atoms. The zero-order valence-corrected chi connectivity index (χ0v) is 8.19. The topological polar surface area (TPSA) is 64.9 Å². The van der Waals surface area contributed by atoms with Gasteiger partial charge >= 0.3 is 0 Å². The summed E-state index contributed by atoms with van der Waals surface area (Å²) < 4.78 is 6.58. The van der Waals surface area contributed by atoms with Crippen molar-refractivity contribution in [2.75, 3.05) is 20.3 Å². The Labute approximate surface area is 77.3 Å². The smallest absolute Gasteiger partial charge is 0.167 e. The first-order valence-corrected chi connectivity index (χ1v) is 4.20. The lowest BCUT2D eigenvalue weighted by atomic mass is 10.3. The highest BCUT2D eigenvalue weighted by Crippen LogP contribution is 2.04. The van der Waals surface area contributed by atoms with Crippen LogP contribution in [0.3, 0.4) is 0 Å². The Morgan fingerprint density at radius 2 is 2.38 bits per heavy atom. The Hall–Kier alpha value is -1.01. The number of ether oxygens (including phenoxy) is 1. The van der Waals surface area contributed by atoms with Crippen LogP contribution in [0.1, 0.15) is 18.8 Å². The average Bonchev–Trinajstić information content (AvgIpc) is 2.52. The summed E-state index contributed by atoms with van der Waals surface area (Å²) in [6, 6.07) is 0.148. The second kappa shape index (κ2) is 4.88. The van der Waals surface area contributed by atoms with Gasteiger partial charge in [0.1, 0.15) is 0 Å². The summed E-state index contributed by atoms with van der Waals surface area (Å²) in [6.07, 6.45) is 0. The minimum Gasteiger partial charge on any atom is -0.383 e. The summed E-state index contributed by atoms with van der Waals surface area (Å²) in [5.74, 6) is 0.830. The fourth-order valence-corrected chi connectivity index (χ4v) is 1.07. The lowest BCUT2D eigenvalue weighted by Gasteiger charge is -2.10. The minimum atomic E-state index is 0.148. The lowest BCUT2D eigenvalue weighted by molar-refractivity contribution is 0.196. The number of nitrogens with zero attached hydrogens (tertiary/aromatic N) is 4. The van der Waals surface area contributed by atoms with E-state index < -0.39 is 0 Å². The van der Waals surface area contributed by atoms with Crippen LogP contribution in [0.25, 0.3) is 0 Å². The number of methoxy groups -OCH3 is 1. The fraction of sp³-hybridized carbons (Fsp3) is 0.857. The van der Waals surface area contributed by atoms with Crippen molar-refractivity contribution in [3.63, 3.8) is 0 Å². The molecule has 0 aliphatic heterocycles. The molecular formula is C7H15N5O. The van der Waals surface area contributed by atoms with Gasteiger partial charge in [-0.15, -0.1) is 5.10 Å². The van der Waals surface area contributed by atoms with Gasteiger partial charge in [-0.3, -0.25) is 0 Å². The predicted octanol–water partition coefficient (Wildman–Crippen LogP) is -0.493. The van der Waals surface area contributed by atoms with Crippen molar-refractivity contribution in [3.8, 4) is 0 Å². The van der Waals surface area contributed by atoms with E-state index in [1.807, 2.05) is 14.0 Å². The third kappa shape index (κ3) is 2.74. The highest BCUT2D eigenvalue weighted by Gasteiger charge is 2.10. The van der Waals surface area contributed by atoms with E-state index >= 15 is 0 Å². The number of aromatic nitrogens is 4. The lowest BCUT2D eigenvalue weighted by Crippen LogP contribution is -2.25. The van der Waals surface area contributed by atoms with E-state index in [1.54, 1.807) is 11.8 Å². The molecule has 1 heterocycles. The molecule has 0 aliphatic carbocycles. The maximum absolute atomic E-state index is 4.92. The molecule has 1 unspecified atom stereocenters. The molecule has 1 aromatic rings. The summed E-state index contributed by atoms with van der Waals surface area (Å²) in [4.78, 5) is 0. The molecule has 0 aliphatic rings. The summed E-state index contributed by atoms with van der Waals surface area (Å²) in [6.45, 7) is 3.50. The van der Waals surface area contributed by atoms with Gasteiger partial charge in [0.25, 0.3) is 0 Å². The van der Waals surface area contributed by atoms with Gasteiger partial charge in [0.05, 0.1) is 12.6 Å². The molecule has 0 saturated heterocycles. The average molecular weight is 185 g/mol. The zero-order valence-electron chi connectivity index (χ0n) is 8.19. The molecule has 1 N–H and O–H groups in total. The number of hydrogen-bond acceptors (Lipinski definition) is 5. The zero-order chi connectivity index (χ0) is 9.68. The summed E-state index contributed by atoms with van der Waals surface area (Å²) >= 11 is 0. The Balaban J connectivity index is 2.39. The van der Waals surface area contributed by atoms with Gasteiger partial charge in [0, 0.05) is 20.7 Å². The van der Waals surface area contributed by atoms with Crippen molar-refractivity contribution in [2.24, 2.45) is 7.05 Å². The standard InChI is InChI=1S/C7H15N5O/c1-6(8-4-5-13-3)7-9-10-11-12(7)2/h6,8H,4-5H2,1-3H3. The van der Waals surface area contributed by atoms with Crippen LogP contribution >= 0.6 is 0 Å². The van der Waals surface area contributed by atoms with E-state index in [0.29, 0.717) is 6.61 Å². The molecule has 74 valence electrons. The number of nitrogens with one attached hydrogen (secondary N) is 1. The highest BCUT2D eigenvalue weighted by molar-refractivity contribution is 4.88. The number of hydrogen-bond donors (Lipinski definition) is 1. The van der Waals surface area contributed by atoms with Crippen molar-refractivity contribution >= 4 is 0 Å². The quantitative estimate of drug-likeness (QED) is 0.627. The van der Waals surface area contributed by atoms with Gasteiger partial charge in [0.2, 0.25) is 0 Å². The Morgan fingerprint density at radius 1 is 1.62 bits per heavy atom. The van der Waals surface area contributed by atoms with E-state index in [1.165, 1.54) is 0 Å². The highest BCUT2D eigenvalue weighted by atomic mass is 16.5. The molecule has 1 aromatic heterocycles. The van der Waals surface area contributed by atoms with Crippen LogP contribution in [0.15, 0.2) is 0 Å². The van der Waals surface area contributed by atoms with Gasteiger partial charge < -0.3 is 10.1 Å². The normalized spacial score (nSPS) is 13.2. The van der Waals surface area contributed by atoms with Crippen LogP contribution in [0.2, 0.25) is 0 Å². The van der Waals surface area contributed by atoms with Crippen LogP contribution in [0.5, 0.6) is 0 Å². The van der Waals surface area contributed by atoms with Gasteiger partial charge in [-0.2, -0.15) is 0 Å². The number of tetrazole rings is 1. The van der Waals surface area contributed by atoms with E-state index in [-0.39, 0.29) is 6.04 Å². The molecule has 0 fully saturated rings. The van der Waals surface area contributed by atoms with Crippen molar-refractivity contribution < 1.29 is 4.74 Å². The molecule has 1 rings (SSSR count). The first kappa shape index (κ1) is 10.1. The summed E-state index contributed by atoms with van der Waals surface area (Å²) in [7, 11) is 3.50. The predicted molar refractivity (Wildman–Crippen MR) is 47.1 cm³/mol. The second-order valence-electron chi connectivity index (χ2n) is 2.83. The van der Waals surface area contributed by atoms with Gasteiger partial charge in [-0.25, -0.2) is 4.68 Å². The van der Waals surface area contributed by atoms with E-state index in [4.69, 9.17) is 4.74 Å². The third-order valence-electron chi connectivity index (χ3n) is 1.80. The largest absolute Gasteiger partial charge is 0.383 e. The van der Waals surface area contributed by atoms with Crippen LogP contribution < -0.4 is 5.32 Å². The van der Waals surface area contributed by atoms with Crippen LogP contribution in [-0.4, -0.2) is 40.5 Å². The van der Waals surface area contributed by atoms with Gasteiger partial charge in [-0.05, 0) is 17.4 Å². The summed E-state index contributed by atoms with van der Waals surface area (Å²) in [5, 5.41) is 14.4. The van der Waals surface area contributed by atoms with E-state index in [0.717, 1.165) is 12.4 Å². The molecule has 1 atom stereocenters. The van der Waals surface area contributed by atoms with Crippen LogP contribution in [0.4, 0.5) is 0 Å². The SMILES string of the molecule is COCCNC(C)c1nnnn1C. The number of rotatable bonds is 5. The Kier molecular flexibility index (Phi) is 3.78. The van der Waals surface area contributed by atoms with E-state index in [9.17, 15) is 0 Å². The van der Waals surface area contributed by atoms with Crippen LogP contribution in [0, 0.1) is 0 Å². The Morgan fingerprint density at radius 3 is 2.92 bits per heavy atom. The first-order chi connectivity index (χ1) is 6.25. The van der Waals surface area contributed by atoms with E-state index in [2.05, 4.69) is 20.8 Å². The molecule has 0 amide bonds. The van der Waals surface area contributed by atoms with Gasteiger partial charge in [0.15, 0.2) is 5.82 Å². The molecule has 0 radical (unpaired) electrons. The van der Waals surface area contributed by atoms with Crippen molar-refractivity contribution in [2.45, 2.75) is 13.0 Å². The molecule has 0 bridgehead atoms. The molecule has 6 nitrogen and oxygen atoms in total. The molecule has 0 spiro atoms. The number of aryl methyl sites for hydroxylation is 1. The summed E-state index contributed by atoms with van der Waals surface area (Å²) in [5.41, 5.74) is 0. The molecule has 0 saturated carbocycles.